The highest BCUT2D eigenvalue weighted by Crippen LogP contribution is 2.34. The lowest BCUT2D eigenvalue weighted by molar-refractivity contribution is 0.112. The molecule has 3 aromatic carbocycles. The van der Waals surface area contributed by atoms with Crippen molar-refractivity contribution in [1.29, 1.82) is 0 Å². The number of carbonyl (C=O) groups excluding carboxylic acids is 1. The Balaban J connectivity index is 1.86. The molecule has 0 radical (unpaired) electrons. The Bertz CT molecular complexity index is 870. The molecule has 126 valence electrons. The lowest BCUT2D eigenvalue weighted by atomic mass is 10.1. The van der Waals surface area contributed by atoms with Gasteiger partial charge < -0.3 is 9.47 Å². The summed E-state index contributed by atoms with van der Waals surface area (Å²) in [6.07, 6.45) is 0.799. The Hall–Kier alpha value is -3.07. The maximum atomic E-state index is 11.3. The molecule has 3 nitrogen and oxygen atoms in total. The van der Waals surface area contributed by atoms with Crippen molar-refractivity contribution >= 4 is 6.29 Å². The van der Waals surface area contributed by atoms with Crippen molar-refractivity contribution in [2.75, 3.05) is 0 Å². The molecule has 0 saturated carbocycles. The molecule has 0 amide bonds. The van der Waals surface area contributed by atoms with Crippen LogP contribution in [0.15, 0.2) is 66.7 Å². The molecule has 0 spiro atoms. The quantitative estimate of drug-likeness (QED) is 0.560. The fourth-order valence-corrected chi connectivity index (χ4v) is 2.49. The van der Waals surface area contributed by atoms with Gasteiger partial charge in [-0.05, 0) is 54.8 Å². The van der Waals surface area contributed by atoms with E-state index in [9.17, 15) is 4.79 Å². The van der Waals surface area contributed by atoms with Gasteiger partial charge >= 0.3 is 0 Å². The molecule has 0 bridgehead atoms. The minimum Gasteiger partial charge on any atom is -0.485 e. The standard InChI is InChI=1S/C22H20O3/c1-16-8-10-19(14-23)21(12-16)25-20-11-9-17(2)13-22(20)24-15-18-6-4-3-5-7-18/h3-14H,15H2,1-2H3. The van der Waals surface area contributed by atoms with Gasteiger partial charge in [0.1, 0.15) is 12.4 Å². The summed E-state index contributed by atoms with van der Waals surface area (Å²) in [4.78, 5) is 11.3. The van der Waals surface area contributed by atoms with E-state index in [0.29, 0.717) is 29.4 Å². The van der Waals surface area contributed by atoms with E-state index in [1.54, 1.807) is 6.07 Å². The predicted molar refractivity (Wildman–Crippen MR) is 98.6 cm³/mol. The van der Waals surface area contributed by atoms with Crippen molar-refractivity contribution in [3.63, 3.8) is 0 Å². The molecule has 0 saturated heterocycles. The summed E-state index contributed by atoms with van der Waals surface area (Å²) in [6.45, 7) is 4.42. The maximum absolute atomic E-state index is 11.3. The fourth-order valence-electron chi connectivity index (χ4n) is 2.49. The van der Waals surface area contributed by atoms with E-state index in [-0.39, 0.29) is 0 Å². The van der Waals surface area contributed by atoms with Gasteiger partial charge in [0.2, 0.25) is 0 Å². The first-order valence-corrected chi connectivity index (χ1v) is 8.17. The van der Waals surface area contributed by atoms with Gasteiger partial charge in [-0.15, -0.1) is 0 Å². The van der Waals surface area contributed by atoms with E-state index in [1.807, 2.05) is 74.5 Å². The second-order valence-electron chi connectivity index (χ2n) is 5.99. The number of rotatable bonds is 6. The summed E-state index contributed by atoms with van der Waals surface area (Å²) in [6, 6.07) is 21.2. The predicted octanol–water partition coefficient (Wildman–Crippen LogP) is 5.49. The first-order chi connectivity index (χ1) is 12.2. The van der Waals surface area contributed by atoms with Crippen LogP contribution >= 0.6 is 0 Å². The Morgan fingerprint density at radius 1 is 0.800 bits per heavy atom. The highest BCUT2D eigenvalue weighted by atomic mass is 16.5. The minimum atomic E-state index is 0.453. The number of benzene rings is 3. The largest absolute Gasteiger partial charge is 0.485 e. The van der Waals surface area contributed by atoms with Crippen LogP contribution in [0.5, 0.6) is 17.2 Å². The van der Waals surface area contributed by atoms with E-state index in [0.717, 1.165) is 23.0 Å². The number of aryl methyl sites for hydroxylation is 2. The summed E-state index contributed by atoms with van der Waals surface area (Å²) in [7, 11) is 0. The Kier molecular flexibility index (Phi) is 5.14. The van der Waals surface area contributed by atoms with Crippen molar-refractivity contribution in [1.82, 2.24) is 0 Å². The topological polar surface area (TPSA) is 35.5 Å². The summed E-state index contributed by atoms with van der Waals surface area (Å²) in [5, 5.41) is 0. The molecule has 0 aliphatic carbocycles. The Morgan fingerprint density at radius 2 is 1.48 bits per heavy atom. The van der Waals surface area contributed by atoms with Gasteiger partial charge in [0.05, 0.1) is 5.56 Å². The average Bonchev–Trinajstić information content (AvgIpc) is 2.63. The zero-order valence-corrected chi connectivity index (χ0v) is 14.4. The summed E-state index contributed by atoms with van der Waals surface area (Å²) in [5.41, 5.74) is 3.70. The van der Waals surface area contributed by atoms with Crippen molar-refractivity contribution in [2.45, 2.75) is 20.5 Å². The van der Waals surface area contributed by atoms with E-state index >= 15 is 0 Å². The second-order valence-corrected chi connectivity index (χ2v) is 5.99. The lowest BCUT2D eigenvalue weighted by Gasteiger charge is -2.15. The zero-order chi connectivity index (χ0) is 17.6. The van der Waals surface area contributed by atoms with Gasteiger partial charge in [-0.25, -0.2) is 0 Å². The molecular weight excluding hydrogens is 312 g/mol. The molecule has 25 heavy (non-hydrogen) atoms. The second kappa shape index (κ2) is 7.67. The highest BCUT2D eigenvalue weighted by molar-refractivity contribution is 5.79. The zero-order valence-electron chi connectivity index (χ0n) is 14.4. The molecule has 0 aliphatic heterocycles. The van der Waals surface area contributed by atoms with E-state index in [2.05, 4.69) is 0 Å². The van der Waals surface area contributed by atoms with Crippen LogP contribution in [-0.2, 0) is 6.61 Å². The molecule has 3 aromatic rings. The van der Waals surface area contributed by atoms with Gasteiger partial charge in [-0.1, -0.05) is 42.5 Å². The molecule has 3 heteroatoms. The first-order valence-electron chi connectivity index (χ1n) is 8.17. The van der Waals surface area contributed by atoms with Crippen LogP contribution in [0.3, 0.4) is 0 Å². The molecule has 3 rings (SSSR count). The number of ether oxygens (including phenoxy) is 2. The van der Waals surface area contributed by atoms with Gasteiger partial charge in [-0.2, -0.15) is 0 Å². The molecular formula is C22H20O3. The number of aldehydes is 1. The Morgan fingerprint density at radius 3 is 2.20 bits per heavy atom. The van der Waals surface area contributed by atoms with Crippen LogP contribution in [0.2, 0.25) is 0 Å². The summed E-state index contributed by atoms with van der Waals surface area (Å²) in [5.74, 6) is 1.78. The SMILES string of the molecule is Cc1ccc(C=O)c(Oc2ccc(C)cc2OCc2ccccc2)c1. The fraction of sp³-hybridized carbons (Fsp3) is 0.136. The third kappa shape index (κ3) is 4.27. The molecule has 0 unspecified atom stereocenters. The number of carbonyl (C=O) groups is 1. The van der Waals surface area contributed by atoms with E-state index in [1.165, 1.54) is 0 Å². The van der Waals surface area contributed by atoms with Crippen LogP contribution in [-0.4, -0.2) is 6.29 Å². The molecule has 0 fully saturated rings. The van der Waals surface area contributed by atoms with Crippen molar-refractivity contribution < 1.29 is 14.3 Å². The van der Waals surface area contributed by atoms with E-state index < -0.39 is 0 Å². The van der Waals surface area contributed by atoms with Crippen LogP contribution in [0, 0.1) is 13.8 Å². The molecule has 0 N–H and O–H groups in total. The monoisotopic (exact) mass is 332 g/mol. The number of hydrogen-bond donors (Lipinski definition) is 0. The van der Waals surface area contributed by atoms with Crippen molar-refractivity contribution in [2.24, 2.45) is 0 Å². The smallest absolute Gasteiger partial charge is 0.169 e. The average molecular weight is 332 g/mol. The highest BCUT2D eigenvalue weighted by Gasteiger charge is 2.10. The summed E-state index contributed by atoms with van der Waals surface area (Å²) >= 11 is 0. The van der Waals surface area contributed by atoms with Gasteiger partial charge in [0.25, 0.3) is 0 Å². The molecule has 0 atom stereocenters. The molecule has 0 aliphatic rings. The normalized spacial score (nSPS) is 10.3. The third-order valence-electron chi connectivity index (χ3n) is 3.85. The molecule has 0 heterocycles. The Labute approximate surface area is 147 Å². The van der Waals surface area contributed by atoms with Crippen molar-refractivity contribution in [3.05, 3.63) is 89.0 Å². The van der Waals surface area contributed by atoms with Gasteiger partial charge in [0.15, 0.2) is 17.8 Å². The minimum absolute atomic E-state index is 0.453. The lowest BCUT2D eigenvalue weighted by Crippen LogP contribution is -1.99. The number of hydrogen-bond acceptors (Lipinski definition) is 3. The first kappa shape index (κ1) is 16.8. The van der Waals surface area contributed by atoms with Crippen molar-refractivity contribution in [3.8, 4) is 17.2 Å². The van der Waals surface area contributed by atoms with Crippen LogP contribution in [0.4, 0.5) is 0 Å². The third-order valence-corrected chi connectivity index (χ3v) is 3.85. The van der Waals surface area contributed by atoms with Crippen LogP contribution in [0.25, 0.3) is 0 Å². The van der Waals surface area contributed by atoms with Gasteiger partial charge in [-0.3, -0.25) is 4.79 Å². The molecule has 0 aromatic heterocycles. The summed E-state index contributed by atoms with van der Waals surface area (Å²) < 4.78 is 12.0. The van der Waals surface area contributed by atoms with Crippen LogP contribution in [0.1, 0.15) is 27.0 Å². The van der Waals surface area contributed by atoms with Gasteiger partial charge in [0, 0.05) is 0 Å². The van der Waals surface area contributed by atoms with Crippen LogP contribution < -0.4 is 9.47 Å². The maximum Gasteiger partial charge on any atom is 0.169 e. The van der Waals surface area contributed by atoms with E-state index in [4.69, 9.17) is 9.47 Å².